The van der Waals surface area contributed by atoms with Crippen molar-refractivity contribution in [3.05, 3.63) is 39.6 Å². The number of nitrogens with one attached hydrogen (secondary N) is 1. The molecule has 0 amide bonds. The molecule has 0 aliphatic carbocycles. The van der Waals surface area contributed by atoms with E-state index in [2.05, 4.69) is 34.0 Å². The molecule has 2 aromatic heterocycles. The lowest BCUT2D eigenvalue weighted by Gasteiger charge is -2.49. The van der Waals surface area contributed by atoms with E-state index >= 15 is 0 Å². The van der Waals surface area contributed by atoms with E-state index in [1.54, 1.807) is 0 Å². The molecule has 0 radical (unpaired) electrons. The Bertz CT molecular complexity index is 755. The normalized spacial score (nSPS) is 26.4. The number of nitrogens with zero attached hydrogens (tertiary/aromatic N) is 3. The van der Waals surface area contributed by atoms with Crippen LogP contribution < -0.4 is 0 Å². The van der Waals surface area contributed by atoms with Crippen LogP contribution in [0.1, 0.15) is 52.9 Å². The highest BCUT2D eigenvalue weighted by molar-refractivity contribution is 7.12. The van der Waals surface area contributed by atoms with Crippen molar-refractivity contribution < 1.29 is 4.74 Å². The summed E-state index contributed by atoms with van der Waals surface area (Å²) in [5.41, 5.74) is 2.81. The molecule has 140 valence electrons. The molecule has 2 saturated heterocycles. The van der Waals surface area contributed by atoms with Crippen molar-refractivity contribution in [1.29, 1.82) is 0 Å². The Kier molecular flexibility index (Phi) is 4.39. The van der Waals surface area contributed by atoms with Crippen molar-refractivity contribution in [1.82, 2.24) is 19.8 Å². The van der Waals surface area contributed by atoms with Gasteiger partial charge >= 0.3 is 0 Å². The lowest BCUT2D eigenvalue weighted by molar-refractivity contribution is 0.0224. The molecule has 1 unspecified atom stereocenters. The average Bonchev–Trinajstić information content (AvgIpc) is 3.40. The third kappa shape index (κ3) is 2.83. The lowest BCUT2D eigenvalue weighted by Crippen LogP contribution is -2.54. The molecule has 5 nitrogen and oxygen atoms in total. The Hall–Kier alpha value is -1.21. The lowest BCUT2D eigenvalue weighted by atomic mass is 9.79. The summed E-state index contributed by atoms with van der Waals surface area (Å²) in [5.74, 6) is 0. The van der Waals surface area contributed by atoms with Gasteiger partial charge in [0, 0.05) is 54.7 Å². The number of aromatic nitrogens is 2. The number of fused-ring (bicyclic) bond motifs is 2. The average molecular weight is 373 g/mol. The van der Waals surface area contributed by atoms with Crippen LogP contribution in [0.25, 0.3) is 0 Å². The first kappa shape index (κ1) is 16.9. The number of H-pyrrole nitrogens is 1. The smallest absolute Gasteiger partial charge is 0.0926 e. The number of aromatic amines is 1. The van der Waals surface area contributed by atoms with E-state index in [4.69, 9.17) is 9.72 Å². The summed E-state index contributed by atoms with van der Waals surface area (Å²) in [5, 5.41) is 0. The summed E-state index contributed by atoms with van der Waals surface area (Å²) in [6.45, 7) is 5.41. The third-order valence-corrected chi connectivity index (χ3v) is 7.74. The van der Waals surface area contributed by atoms with E-state index in [0.717, 1.165) is 39.2 Å². The van der Waals surface area contributed by atoms with E-state index in [1.807, 2.05) is 17.7 Å². The minimum atomic E-state index is 0.141. The highest BCUT2D eigenvalue weighted by atomic mass is 32.1. The Morgan fingerprint density at radius 1 is 1.31 bits per heavy atom. The molecular formula is C20H28N4OS. The van der Waals surface area contributed by atoms with Gasteiger partial charge in [-0.25, -0.2) is 4.98 Å². The fourth-order valence-electron chi connectivity index (χ4n) is 4.96. The van der Waals surface area contributed by atoms with Crippen molar-refractivity contribution in [2.45, 2.75) is 50.3 Å². The topological polar surface area (TPSA) is 44.4 Å². The van der Waals surface area contributed by atoms with Crippen LogP contribution in [0.5, 0.6) is 0 Å². The van der Waals surface area contributed by atoms with Gasteiger partial charge in [0.15, 0.2) is 0 Å². The molecule has 26 heavy (non-hydrogen) atoms. The number of thiophene rings is 1. The van der Waals surface area contributed by atoms with Crippen molar-refractivity contribution in [2.24, 2.45) is 0 Å². The van der Waals surface area contributed by atoms with Gasteiger partial charge in [0.1, 0.15) is 0 Å². The van der Waals surface area contributed by atoms with E-state index in [-0.39, 0.29) is 5.54 Å². The molecule has 0 bridgehead atoms. The van der Waals surface area contributed by atoms with Crippen molar-refractivity contribution in [3.63, 3.8) is 0 Å². The van der Waals surface area contributed by atoms with Crippen molar-refractivity contribution >= 4 is 11.3 Å². The monoisotopic (exact) mass is 372 g/mol. The minimum absolute atomic E-state index is 0.141. The third-order valence-electron chi connectivity index (χ3n) is 6.58. The SMILES string of the molecule is CN1CCc2[nH]cnc2C12CCN(Cc1ccc(C3CCCO3)s1)CC2. The highest BCUT2D eigenvalue weighted by Crippen LogP contribution is 2.41. The number of imidazole rings is 1. The molecule has 1 atom stereocenters. The number of ether oxygens (including phenoxy) is 1. The first-order valence-electron chi connectivity index (χ1n) is 9.91. The molecule has 3 aliphatic heterocycles. The summed E-state index contributed by atoms with van der Waals surface area (Å²) in [7, 11) is 2.28. The van der Waals surface area contributed by atoms with Crippen LogP contribution >= 0.6 is 11.3 Å². The molecule has 1 spiro atoms. The Balaban J connectivity index is 1.25. The summed E-state index contributed by atoms with van der Waals surface area (Å²) in [6, 6.07) is 4.59. The highest BCUT2D eigenvalue weighted by Gasteiger charge is 2.44. The molecule has 3 aliphatic rings. The molecule has 2 fully saturated rings. The van der Waals surface area contributed by atoms with E-state index in [0.29, 0.717) is 6.10 Å². The van der Waals surface area contributed by atoms with Crippen LogP contribution in [0.2, 0.25) is 0 Å². The maximum absolute atomic E-state index is 5.84. The van der Waals surface area contributed by atoms with Gasteiger partial charge in [0.05, 0.1) is 23.7 Å². The van der Waals surface area contributed by atoms with E-state index in [9.17, 15) is 0 Å². The van der Waals surface area contributed by atoms with Gasteiger partial charge in [0.25, 0.3) is 0 Å². The number of rotatable bonds is 3. The van der Waals surface area contributed by atoms with Crippen LogP contribution in [0.15, 0.2) is 18.5 Å². The van der Waals surface area contributed by atoms with Gasteiger partial charge in [-0.1, -0.05) is 0 Å². The van der Waals surface area contributed by atoms with Gasteiger partial charge < -0.3 is 9.72 Å². The minimum Gasteiger partial charge on any atom is -0.373 e. The molecular weight excluding hydrogens is 344 g/mol. The Morgan fingerprint density at radius 2 is 2.19 bits per heavy atom. The fourth-order valence-corrected chi connectivity index (χ4v) is 6.10. The molecule has 0 aromatic carbocycles. The number of piperidine rings is 1. The Morgan fingerprint density at radius 3 is 3.00 bits per heavy atom. The fraction of sp³-hybridized carbons (Fsp3) is 0.650. The number of likely N-dealkylation sites (N-methyl/N-ethyl adjacent to an activating group) is 1. The van der Waals surface area contributed by atoms with Gasteiger partial charge in [-0.3, -0.25) is 9.80 Å². The maximum atomic E-state index is 5.84. The predicted octanol–water partition coefficient (Wildman–Crippen LogP) is 3.30. The first-order valence-corrected chi connectivity index (χ1v) is 10.7. The second kappa shape index (κ2) is 6.75. The number of likely N-dealkylation sites (tertiary alicyclic amines) is 1. The predicted molar refractivity (Wildman–Crippen MR) is 103 cm³/mol. The van der Waals surface area contributed by atoms with Gasteiger partial charge in [-0.15, -0.1) is 11.3 Å². The maximum Gasteiger partial charge on any atom is 0.0926 e. The summed E-state index contributed by atoms with van der Waals surface area (Å²) < 4.78 is 5.84. The zero-order chi connectivity index (χ0) is 17.6. The van der Waals surface area contributed by atoms with Crippen LogP contribution in [0.4, 0.5) is 0 Å². The standard InChI is InChI=1S/C20H28N4OS/c1-23-9-6-16-19(22-14-21-16)20(23)7-10-24(11-8-20)13-15-4-5-18(26-15)17-3-2-12-25-17/h4-5,14,17H,2-3,6-13H2,1H3,(H,21,22). The quantitative estimate of drug-likeness (QED) is 0.898. The van der Waals surface area contributed by atoms with Crippen LogP contribution in [-0.2, 0) is 23.2 Å². The van der Waals surface area contributed by atoms with Crippen molar-refractivity contribution in [2.75, 3.05) is 33.3 Å². The summed E-state index contributed by atoms with van der Waals surface area (Å²) in [6.07, 6.45) is 8.07. The van der Waals surface area contributed by atoms with Crippen LogP contribution in [0.3, 0.4) is 0 Å². The van der Waals surface area contributed by atoms with Gasteiger partial charge in [0.2, 0.25) is 0 Å². The molecule has 6 heteroatoms. The van der Waals surface area contributed by atoms with Crippen molar-refractivity contribution in [3.8, 4) is 0 Å². The molecule has 5 heterocycles. The second-order valence-electron chi connectivity index (χ2n) is 8.01. The van der Waals surface area contributed by atoms with Gasteiger partial charge in [-0.2, -0.15) is 0 Å². The number of hydrogen-bond acceptors (Lipinski definition) is 5. The molecule has 5 rings (SSSR count). The first-order chi connectivity index (χ1) is 12.7. The Labute approximate surface area is 159 Å². The van der Waals surface area contributed by atoms with Crippen LogP contribution in [-0.4, -0.2) is 53.1 Å². The number of hydrogen-bond donors (Lipinski definition) is 1. The van der Waals surface area contributed by atoms with Gasteiger partial charge in [-0.05, 0) is 44.9 Å². The molecule has 2 aromatic rings. The largest absolute Gasteiger partial charge is 0.373 e. The van der Waals surface area contributed by atoms with Crippen LogP contribution in [0, 0.1) is 0 Å². The zero-order valence-electron chi connectivity index (χ0n) is 15.5. The summed E-state index contributed by atoms with van der Waals surface area (Å²) in [4.78, 5) is 16.1. The summed E-state index contributed by atoms with van der Waals surface area (Å²) >= 11 is 1.95. The van der Waals surface area contributed by atoms with E-state index < -0.39 is 0 Å². The van der Waals surface area contributed by atoms with E-state index in [1.165, 1.54) is 46.8 Å². The molecule has 0 saturated carbocycles. The molecule has 1 N–H and O–H groups in total. The zero-order valence-corrected chi connectivity index (χ0v) is 16.4. The second-order valence-corrected chi connectivity index (χ2v) is 9.21.